The van der Waals surface area contributed by atoms with E-state index in [1.165, 1.54) is 0 Å². The molecule has 1 aliphatic heterocycles. The van der Waals surface area contributed by atoms with Crippen molar-refractivity contribution in [2.45, 2.75) is 52.7 Å². The van der Waals surface area contributed by atoms with E-state index in [4.69, 9.17) is 23.2 Å². The van der Waals surface area contributed by atoms with E-state index >= 15 is 0 Å². The van der Waals surface area contributed by atoms with Crippen LogP contribution in [0.2, 0.25) is 10.0 Å². The van der Waals surface area contributed by atoms with Crippen LogP contribution in [0.3, 0.4) is 0 Å². The van der Waals surface area contributed by atoms with Gasteiger partial charge in [-0.3, -0.25) is 4.90 Å². The molecule has 4 heteroatoms. The lowest BCUT2D eigenvalue weighted by Crippen LogP contribution is -2.64. The highest BCUT2D eigenvalue weighted by Gasteiger charge is 2.38. The van der Waals surface area contributed by atoms with Crippen LogP contribution in [0.25, 0.3) is 0 Å². The lowest BCUT2D eigenvalue weighted by atomic mass is 9.82. The molecule has 1 unspecified atom stereocenters. The smallest absolute Gasteiger partial charge is 0.0637 e. The van der Waals surface area contributed by atoms with Gasteiger partial charge in [0.25, 0.3) is 0 Å². The summed E-state index contributed by atoms with van der Waals surface area (Å²) in [5, 5.41) is 5.01. The Balaban J connectivity index is 2.21. The highest BCUT2D eigenvalue weighted by Crippen LogP contribution is 2.32. The first kappa shape index (κ1) is 17.1. The first-order valence-corrected chi connectivity index (χ1v) is 8.28. The zero-order chi connectivity index (χ0) is 15.8. The van der Waals surface area contributed by atoms with Crippen LogP contribution in [0.1, 0.15) is 40.2 Å². The molecule has 0 saturated carbocycles. The summed E-state index contributed by atoms with van der Waals surface area (Å²) < 4.78 is 0. The van der Waals surface area contributed by atoms with Crippen molar-refractivity contribution in [2.24, 2.45) is 5.41 Å². The monoisotopic (exact) mass is 328 g/mol. The van der Waals surface area contributed by atoms with E-state index in [0.29, 0.717) is 16.1 Å². The first-order valence-electron chi connectivity index (χ1n) is 7.52. The molecule has 1 atom stereocenters. The Morgan fingerprint density at radius 1 is 1.29 bits per heavy atom. The first-order chi connectivity index (χ1) is 9.61. The Hall–Kier alpha value is -0.280. The second-order valence-corrected chi connectivity index (χ2v) is 8.49. The predicted molar refractivity (Wildman–Crippen MR) is 92.2 cm³/mol. The molecule has 0 amide bonds. The van der Waals surface area contributed by atoms with Gasteiger partial charge in [0.2, 0.25) is 0 Å². The van der Waals surface area contributed by atoms with Crippen LogP contribution in [0, 0.1) is 5.41 Å². The fraction of sp³-hybridized carbons (Fsp3) is 0.647. The maximum Gasteiger partial charge on any atom is 0.0637 e. The van der Waals surface area contributed by atoms with Crippen molar-refractivity contribution in [1.29, 1.82) is 0 Å². The average molecular weight is 329 g/mol. The average Bonchev–Trinajstić information content (AvgIpc) is 2.35. The number of hydrogen-bond donors (Lipinski definition) is 1. The zero-order valence-corrected chi connectivity index (χ0v) is 15.1. The van der Waals surface area contributed by atoms with Gasteiger partial charge < -0.3 is 5.32 Å². The van der Waals surface area contributed by atoms with E-state index in [2.05, 4.69) is 50.9 Å². The second-order valence-electron chi connectivity index (χ2n) is 7.71. The van der Waals surface area contributed by atoms with Crippen molar-refractivity contribution in [3.63, 3.8) is 0 Å². The van der Waals surface area contributed by atoms with Gasteiger partial charge in [-0.1, -0.05) is 56.1 Å². The molecule has 0 aromatic heterocycles. The van der Waals surface area contributed by atoms with Crippen molar-refractivity contribution in [3.05, 3.63) is 33.8 Å². The molecule has 1 fully saturated rings. The highest BCUT2D eigenvalue weighted by atomic mass is 35.5. The number of piperazine rings is 1. The third-order valence-corrected chi connectivity index (χ3v) is 5.34. The van der Waals surface area contributed by atoms with E-state index in [1.54, 1.807) is 0 Å². The quantitative estimate of drug-likeness (QED) is 0.853. The predicted octanol–water partition coefficient (Wildman–Crippen LogP) is 4.59. The molecule has 0 aliphatic carbocycles. The fourth-order valence-electron chi connectivity index (χ4n) is 2.75. The van der Waals surface area contributed by atoms with Crippen molar-refractivity contribution < 1.29 is 0 Å². The van der Waals surface area contributed by atoms with Crippen molar-refractivity contribution in [3.8, 4) is 0 Å². The van der Waals surface area contributed by atoms with Gasteiger partial charge in [-0.25, -0.2) is 0 Å². The van der Waals surface area contributed by atoms with Crippen LogP contribution in [-0.2, 0) is 6.54 Å². The van der Waals surface area contributed by atoms with Gasteiger partial charge in [-0.05, 0) is 30.9 Å². The largest absolute Gasteiger partial charge is 0.310 e. The molecule has 1 saturated heterocycles. The Bertz CT molecular complexity index is 506. The summed E-state index contributed by atoms with van der Waals surface area (Å²) in [5.74, 6) is 0. The molecule has 2 rings (SSSR count). The Morgan fingerprint density at radius 3 is 2.57 bits per heavy atom. The van der Waals surface area contributed by atoms with Crippen LogP contribution in [-0.4, -0.2) is 29.6 Å². The lowest BCUT2D eigenvalue weighted by Gasteiger charge is -2.49. The number of benzene rings is 1. The van der Waals surface area contributed by atoms with E-state index < -0.39 is 0 Å². The molecule has 1 aromatic rings. The molecule has 1 aliphatic rings. The van der Waals surface area contributed by atoms with Crippen molar-refractivity contribution in [2.75, 3.05) is 13.1 Å². The summed E-state index contributed by atoms with van der Waals surface area (Å²) in [6.45, 7) is 14.2. The molecule has 21 heavy (non-hydrogen) atoms. The molecule has 1 N–H and O–H groups in total. The summed E-state index contributed by atoms with van der Waals surface area (Å²) in [7, 11) is 0. The lowest BCUT2D eigenvalue weighted by molar-refractivity contribution is 0.0296. The molecule has 1 aromatic carbocycles. The summed E-state index contributed by atoms with van der Waals surface area (Å²) >= 11 is 12.5. The number of rotatable bonds is 2. The number of nitrogens with zero attached hydrogens (tertiary/aromatic N) is 1. The van der Waals surface area contributed by atoms with Gasteiger partial charge in [-0.2, -0.15) is 0 Å². The van der Waals surface area contributed by atoms with E-state index in [9.17, 15) is 0 Å². The van der Waals surface area contributed by atoms with Crippen LogP contribution in [0.5, 0.6) is 0 Å². The Kier molecular flexibility index (Phi) is 4.94. The summed E-state index contributed by atoms with van der Waals surface area (Å²) in [6.07, 6.45) is 0. The van der Waals surface area contributed by atoms with Crippen molar-refractivity contribution >= 4 is 23.2 Å². The van der Waals surface area contributed by atoms with Gasteiger partial charge in [-0.15, -0.1) is 0 Å². The minimum Gasteiger partial charge on any atom is -0.310 e. The highest BCUT2D eigenvalue weighted by molar-refractivity contribution is 6.42. The maximum atomic E-state index is 6.36. The van der Waals surface area contributed by atoms with Crippen LogP contribution < -0.4 is 5.32 Å². The minimum atomic E-state index is 0.105. The Morgan fingerprint density at radius 2 is 1.95 bits per heavy atom. The number of hydrogen-bond acceptors (Lipinski definition) is 2. The maximum absolute atomic E-state index is 6.36. The van der Waals surface area contributed by atoms with Gasteiger partial charge in [0.15, 0.2) is 0 Å². The molecule has 0 spiro atoms. The van der Waals surface area contributed by atoms with E-state index in [1.807, 2.05) is 12.1 Å². The van der Waals surface area contributed by atoms with Gasteiger partial charge >= 0.3 is 0 Å². The number of halogens is 2. The van der Waals surface area contributed by atoms with Gasteiger partial charge in [0.1, 0.15) is 0 Å². The molecule has 2 nitrogen and oxygen atoms in total. The molecular weight excluding hydrogens is 303 g/mol. The number of nitrogens with one attached hydrogen (secondary N) is 1. The third-order valence-electron chi connectivity index (χ3n) is 4.48. The Labute approximate surface area is 138 Å². The molecule has 0 bridgehead atoms. The van der Waals surface area contributed by atoms with Crippen LogP contribution >= 0.6 is 23.2 Å². The zero-order valence-electron chi connectivity index (χ0n) is 13.6. The van der Waals surface area contributed by atoms with Crippen LogP contribution in [0.4, 0.5) is 0 Å². The standard InChI is InChI=1S/C17H26Cl2N2/c1-16(2,3)14-10-21(17(4,5)11-20-14)9-12-7-6-8-13(18)15(12)19/h6-8,14,20H,9-11H2,1-5H3. The normalized spacial score (nSPS) is 23.3. The summed E-state index contributed by atoms with van der Waals surface area (Å²) in [5.41, 5.74) is 1.45. The second kappa shape index (κ2) is 6.08. The van der Waals surface area contributed by atoms with Crippen LogP contribution in [0.15, 0.2) is 18.2 Å². The third kappa shape index (κ3) is 3.92. The van der Waals surface area contributed by atoms with Gasteiger partial charge in [0.05, 0.1) is 10.0 Å². The fourth-order valence-corrected chi connectivity index (χ4v) is 3.13. The summed E-state index contributed by atoms with van der Waals surface area (Å²) in [4.78, 5) is 2.51. The van der Waals surface area contributed by atoms with Gasteiger partial charge in [0, 0.05) is 31.2 Å². The van der Waals surface area contributed by atoms with E-state index in [-0.39, 0.29) is 11.0 Å². The molecule has 118 valence electrons. The SMILES string of the molecule is CC(C)(C)C1CN(Cc2cccc(Cl)c2Cl)C(C)(C)CN1. The van der Waals surface area contributed by atoms with E-state index in [0.717, 1.165) is 25.2 Å². The molecule has 1 heterocycles. The summed E-state index contributed by atoms with van der Waals surface area (Å²) in [6, 6.07) is 6.36. The topological polar surface area (TPSA) is 15.3 Å². The molecular formula is C17H26Cl2N2. The van der Waals surface area contributed by atoms with Crippen molar-refractivity contribution in [1.82, 2.24) is 10.2 Å². The molecule has 0 radical (unpaired) electrons. The minimum absolute atomic E-state index is 0.105.